The van der Waals surface area contributed by atoms with Gasteiger partial charge in [0.2, 0.25) is 0 Å². The zero-order valence-electron chi connectivity index (χ0n) is 19.5. The summed E-state index contributed by atoms with van der Waals surface area (Å²) in [4.78, 5) is 14.8. The molecule has 1 saturated heterocycles. The van der Waals surface area contributed by atoms with Gasteiger partial charge in [-0.3, -0.25) is 9.10 Å². The monoisotopic (exact) mass is 610 g/mol. The second kappa shape index (κ2) is 10.7. The molecular weight excluding hydrogens is 587 g/mol. The Bertz CT molecular complexity index is 1380. The quantitative estimate of drug-likeness (QED) is 0.366. The van der Waals surface area contributed by atoms with Crippen LogP contribution in [0.2, 0.25) is 10.0 Å². The number of hydrogen-bond donors (Lipinski definition) is 1. The number of carbonyl (C=O) groups is 1. The molecule has 0 saturated carbocycles. The fourth-order valence-electron chi connectivity index (χ4n) is 4.41. The van der Waals surface area contributed by atoms with Crippen molar-refractivity contribution >= 4 is 60.7 Å². The Labute approximate surface area is 229 Å². The predicted octanol–water partition coefficient (Wildman–Crippen LogP) is 6.09. The number of benzene rings is 3. The molecule has 0 aromatic heterocycles. The highest BCUT2D eigenvalue weighted by atomic mass is 79.9. The van der Waals surface area contributed by atoms with Crippen LogP contribution in [0, 0.1) is 0 Å². The van der Waals surface area contributed by atoms with Crippen LogP contribution in [0.4, 0.5) is 5.69 Å². The van der Waals surface area contributed by atoms with Crippen LogP contribution in [-0.2, 0) is 15.6 Å². The summed E-state index contributed by atoms with van der Waals surface area (Å²) in [6.07, 6.45) is 0.673. The maximum atomic E-state index is 13.6. The Kier molecular flexibility index (Phi) is 8.02. The topological polar surface area (TPSA) is 77.9 Å². The molecule has 0 aliphatic carbocycles. The lowest BCUT2D eigenvalue weighted by Gasteiger charge is -2.38. The predicted molar refractivity (Wildman–Crippen MR) is 146 cm³/mol. The molecule has 190 valence electrons. The van der Waals surface area contributed by atoms with Gasteiger partial charge in [-0.15, -0.1) is 0 Å². The Morgan fingerprint density at radius 3 is 2.31 bits per heavy atom. The number of rotatable bonds is 6. The lowest BCUT2D eigenvalue weighted by atomic mass is 9.84. The van der Waals surface area contributed by atoms with E-state index in [0.717, 1.165) is 10.0 Å². The highest BCUT2D eigenvalue weighted by molar-refractivity contribution is 9.10. The van der Waals surface area contributed by atoms with E-state index < -0.39 is 21.5 Å². The minimum absolute atomic E-state index is 0.0525. The van der Waals surface area contributed by atoms with Crippen molar-refractivity contribution in [3.05, 3.63) is 92.4 Å². The Balaban J connectivity index is 1.61. The summed E-state index contributed by atoms with van der Waals surface area (Å²) in [7, 11) is -4.07. The molecule has 0 radical (unpaired) electrons. The highest BCUT2D eigenvalue weighted by Gasteiger charge is 2.37. The molecule has 10 heteroatoms. The van der Waals surface area contributed by atoms with Crippen molar-refractivity contribution in [2.45, 2.75) is 30.3 Å². The average Bonchev–Trinajstić information content (AvgIpc) is 2.85. The van der Waals surface area contributed by atoms with Gasteiger partial charge < -0.3 is 10.0 Å². The van der Waals surface area contributed by atoms with Gasteiger partial charge in [-0.05, 0) is 61.7 Å². The minimum atomic E-state index is -4.07. The molecule has 1 fully saturated rings. The zero-order valence-corrected chi connectivity index (χ0v) is 23.4. The third-order valence-corrected chi connectivity index (χ3v) is 9.56. The molecular formula is C26H25BrCl2N2O4S. The number of anilines is 1. The van der Waals surface area contributed by atoms with Crippen LogP contribution in [0.1, 0.15) is 35.7 Å². The van der Waals surface area contributed by atoms with Gasteiger partial charge in [-0.2, -0.15) is 0 Å². The summed E-state index contributed by atoms with van der Waals surface area (Å²) in [5.41, 5.74) is 0.261. The van der Waals surface area contributed by atoms with E-state index in [9.17, 15) is 18.3 Å². The third kappa shape index (κ3) is 5.29. The van der Waals surface area contributed by atoms with Crippen molar-refractivity contribution in [2.24, 2.45) is 0 Å². The highest BCUT2D eigenvalue weighted by Crippen LogP contribution is 2.36. The van der Waals surface area contributed by atoms with Crippen molar-refractivity contribution in [3.8, 4) is 0 Å². The van der Waals surface area contributed by atoms with E-state index >= 15 is 0 Å². The second-order valence-corrected chi connectivity index (χ2v) is 12.2. The number of piperidine rings is 1. The normalized spacial score (nSPS) is 15.5. The number of amides is 1. The molecule has 36 heavy (non-hydrogen) atoms. The van der Waals surface area contributed by atoms with Gasteiger partial charge in [0.25, 0.3) is 15.9 Å². The Morgan fingerprint density at radius 1 is 1.03 bits per heavy atom. The number of carbonyl (C=O) groups excluding carboxylic acids is 1. The van der Waals surface area contributed by atoms with Crippen molar-refractivity contribution in [1.82, 2.24) is 4.90 Å². The lowest BCUT2D eigenvalue weighted by molar-refractivity contribution is -0.0211. The van der Waals surface area contributed by atoms with Gasteiger partial charge in [0.15, 0.2) is 0 Å². The zero-order chi connectivity index (χ0) is 26.1. The van der Waals surface area contributed by atoms with Crippen LogP contribution < -0.4 is 4.31 Å². The smallest absolute Gasteiger partial charge is 0.265 e. The Hall–Kier alpha value is -2.10. The summed E-state index contributed by atoms with van der Waals surface area (Å²) >= 11 is 16.1. The SMILES string of the molecule is CCN(c1ccccc1)S(=O)(=O)c1cc(C(=O)N2CCC(O)(c3cccc(Br)c3)CC2)c(Cl)cc1Cl. The standard InChI is InChI=1S/C26H25BrCl2N2O4S/c1-2-31(20-9-4-3-5-10-20)36(34,35)24-16-21(22(28)17-23(24)29)25(32)30-13-11-26(33,12-14-30)18-7-6-8-19(27)15-18/h3-10,15-17,33H,2,11-14H2,1H3. The van der Waals surface area contributed by atoms with Gasteiger partial charge >= 0.3 is 0 Å². The van der Waals surface area contributed by atoms with Crippen molar-refractivity contribution < 1.29 is 18.3 Å². The molecule has 6 nitrogen and oxygen atoms in total. The van der Waals surface area contributed by atoms with Crippen LogP contribution in [0.15, 0.2) is 76.1 Å². The van der Waals surface area contributed by atoms with Crippen molar-refractivity contribution in [1.29, 1.82) is 0 Å². The van der Waals surface area contributed by atoms with Gasteiger partial charge in [-0.1, -0.05) is 69.5 Å². The van der Waals surface area contributed by atoms with Crippen LogP contribution in [0.5, 0.6) is 0 Å². The van der Waals surface area contributed by atoms with E-state index in [1.165, 1.54) is 16.4 Å². The van der Waals surface area contributed by atoms with E-state index in [0.29, 0.717) is 18.5 Å². The fourth-order valence-corrected chi connectivity index (χ4v) is 7.12. The fraction of sp³-hybridized carbons (Fsp3) is 0.269. The molecule has 0 bridgehead atoms. The number of para-hydroxylation sites is 1. The molecule has 1 N–H and O–H groups in total. The summed E-state index contributed by atoms with van der Waals surface area (Å²) in [6.45, 7) is 2.47. The molecule has 4 rings (SSSR count). The van der Waals surface area contributed by atoms with E-state index in [1.807, 2.05) is 24.3 Å². The molecule has 3 aromatic carbocycles. The first-order valence-electron chi connectivity index (χ1n) is 11.4. The summed E-state index contributed by atoms with van der Waals surface area (Å²) in [5, 5.41) is 11.2. The first kappa shape index (κ1) is 26.9. The van der Waals surface area contributed by atoms with Gasteiger partial charge in [0, 0.05) is 24.1 Å². The number of nitrogens with zero attached hydrogens (tertiary/aromatic N) is 2. The molecule has 1 heterocycles. The van der Waals surface area contributed by atoms with E-state index in [4.69, 9.17) is 23.2 Å². The van der Waals surface area contributed by atoms with E-state index in [1.54, 1.807) is 42.2 Å². The van der Waals surface area contributed by atoms with Gasteiger partial charge in [-0.25, -0.2) is 8.42 Å². The maximum absolute atomic E-state index is 13.6. The number of aliphatic hydroxyl groups is 1. The summed E-state index contributed by atoms with van der Waals surface area (Å²) in [6, 6.07) is 18.7. The first-order chi connectivity index (χ1) is 17.1. The number of halogens is 3. The molecule has 0 unspecified atom stereocenters. The molecule has 0 atom stereocenters. The molecule has 1 aliphatic heterocycles. The minimum Gasteiger partial charge on any atom is -0.385 e. The molecule has 1 amide bonds. The maximum Gasteiger partial charge on any atom is 0.265 e. The van der Waals surface area contributed by atoms with E-state index in [2.05, 4.69) is 15.9 Å². The largest absolute Gasteiger partial charge is 0.385 e. The Morgan fingerprint density at radius 2 is 1.69 bits per heavy atom. The third-order valence-electron chi connectivity index (χ3n) is 6.39. The van der Waals surface area contributed by atoms with E-state index in [-0.39, 0.29) is 40.1 Å². The lowest BCUT2D eigenvalue weighted by Crippen LogP contribution is -2.45. The number of sulfonamides is 1. The van der Waals surface area contributed by atoms with Gasteiger partial charge in [0.05, 0.1) is 26.9 Å². The molecule has 1 aliphatic rings. The van der Waals surface area contributed by atoms with Crippen molar-refractivity contribution in [2.75, 3.05) is 23.9 Å². The summed E-state index contributed by atoms with van der Waals surface area (Å²) < 4.78 is 29.2. The second-order valence-electron chi connectivity index (χ2n) is 8.60. The van der Waals surface area contributed by atoms with Crippen LogP contribution in [-0.4, -0.2) is 44.0 Å². The van der Waals surface area contributed by atoms with Crippen molar-refractivity contribution in [3.63, 3.8) is 0 Å². The van der Waals surface area contributed by atoms with Gasteiger partial charge in [0.1, 0.15) is 4.90 Å². The van der Waals surface area contributed by atoms with Crippen LogP contribution in [0.25, 0.3) is 0 Å². The number of hydrogen-bond acceptors (Lipinski definition) is 4. The van der Waals surface area contributed by atoms with Crippen LogP contribution >= 0.6 is 39.1 Å². The molecule has 3 aromatic rings. The number of likely N-dealkylation sites (tertiary alicyclic amines) is 1. The van der Waals surface area contributed by atoms with Crippen LogP contribution in [0.3, 0.4) is 0 Å². The molecule has 0 spiro atoms. The summed E-state index contributed by atoms with van der Waals surface area (Å²) in [5.74, 6) is -0.410. The first-order valence-corrected chi connectivity index (χ1v) is 14.4. The average molecular weight is 612 g/mol.